The number of nitrogens with zero attached hydrogens (tertiary/aromatic N) is 3. The van der Waals surface area contributed by atoms with E-state index in [1.807, 2.05) is 4.57 Å². The third-order valence-electron chi connectivity index (χ3n) is 3.06. The van der Waals surface area contributed by atoms with Crippen molar-refractivity contribution >= 4 is 17.7 Å². The molecule has 7 heteroatoms. The van der Waals surface area contributed by atoms with Gasteiger partial charge in [-0.05, 0) is 19.3 Å². The number of carboxylic acids is 1. The first-order chi connectivity index (χ1) is 8.15. The van der Waals surface area contributed by atoms with Crippen molar-refractivity contribution in [3.63, 3.8) is 0 Å². The highest BCUT2D eigenvalue weighted by Crippen LogP contribution is 2.37. The molecule has 1 heterocycles. The highest BCUT2D eigenvalue weighted by Gasteiger charge is 2.37. The van der Waals surface area contributed by atoms with Crippen LogP contribution in [0.4, 0.5) is 0 Å². The molecule has 1 aliphatic carbocycles. The number of hydrogen-bond acceptors (Lipinski definition) is 5. The van der Waals surface area contributed by atoms with Gasteiger partial charge in [0.1, 0.15) is 6.33 Å². The number of thioether (sulfide) groups is 1. The summed E-state index contributed by atoms with van der Waals surface area (Å²) in [5.41, 5.74) is -0.110. The van der Waals surface area contributed by atoms with Crippen LogP contribution in [-0.2, 0) is 16.1 Å². The van der Waals surface area contributed by atoms with Crippen molar-refractivity contribution in [2.75, 3.05) is 12.9 Å². The topological polar surface area (TPSA) is 77.2 Å². The zero-order valence-corrected chi connectivity index (χ0v) is 10.4. The van der Waals surface area contributed by atoms with E-state index in [1.165, 1.54) is 18.2 Å². The molecule has 0 atom stereocenters. The summed E-state index contributed by atoms with van der Waals surface area (Å²) in [5.74, 6) is -0.853. The van der Waals surface area contributed by atoms with Crippen molar-refractivity contribution in [2.45, 2.75) is 36.6 Å². The quantitative estimate of drug-likeness (QED) is 0.767. The van der Waals surface area contributed by atoms with Crippen molar-refractivity contribution in [3.8, 4) is 0 Å². The van der Waals surface area contributed by atoms with Crippen LogP contribution in [0.1, 0.15) is 19.3 Å². The summed E-state index contributed by atoms with van der Waals surface area (Å²) in [6.07, 6.45) is 4.87. The number of methoxy groups -OCH3 is 1. The Morgan fingerprint density at radius 2 is 2.47 bits per heavy atom. The number of hydrogen-bond donors (Lipinski definition) is 1. The van der Waals surface area contributed by atoms with Crippen molar-refractivity contribution < 1.29 is 14.6 Å². The molecule has 94 valence electrons. The number of ether oxygens (including phenoxy) is 1. The summed E-state index contributed by atoms with van der Waals surface area (Å²) in [6.45, 7) is 0.693. The summed E-state index contributed by atoms with van der Waals surface area (Å²) in [7, 11) is 1.72. The average molecular weight is 257 g/mol. The van der Waals surface area contributed by atoms with Gasteiger partial charge in [0.2, 0.25) is 0 Å². The third-order valence-corrected chi connectivity index (χ3v) is 4.03. The lowest BCUT2D eigenvalue weighted by atomic mass is 9.80. The minimum absolute atomic E-state index is 0.00131. The van der Waals surface area contributed by atoms with Gasteiger partial charge >= 0.3 is 5.97 Å². The molecule has 0 aromatic carbocycles. The first-order valence-corrected chi connectivity index (χ1v) is 6.41. The highest BCUT2D eigenvalue weighted by molar-refractivity contribution is 7.99. The summed E-state index contributed by atoms with van der Waals surface area (Å²) in [5, 5.41) is 17.0. The predicted octanol–water partition coefficient (Wildman–Crippen LogP) is 1.02. The zero-order valence-electron chi connectivity index (χ0n) is 9.63. The number of carboxylic acid groups (broad SMARTS) is 1. The molecule has 0 saturated heterocycles. The Hall–Kier alpha value is -1.08. The van der Waals surface area contributed by atoms with Gasteiger partial charge in [-0.15, -0.1) is 10.2 Å². The second kappa shape index (κ2) is 5.05. The molecule has 2 rings (SSSR count). The Balaban J connectivity index is 2.00. The number of rotatable bonds is 6. The molecular weight excluding hydrogens is 242 g/mol. The molecule has 0 aliphatic heterocycles. The molecule has 1 aliphatic rings. The van der Waals surface area contributed by atoms with Crippen molar-refractivity contribution in [1.29, 1.82) is 0 Å². The molecular formula is C10H15N3O3S. The second-order valence-corrected chi connectivity index (χ2v) is 5.11. The summed E-state index contributed by atoms with van der Waals surface area (Å²) >= 11 is 1.18. The van der Waals surface area contributed by atoms with Crippen LogP contribution in [0.25, 0.3) is 0 Å². The van der Waals surface area contributed by atoms with Crippen LogP contribution in [0, 0.1) is 0 Å². The predicted molar refractivity (Wildman–Crippen MR) is 62.0 cm³/mol. The lowest BCUT2D eigenvalue weighted by molar-refractivity contribution is -0.133. The number of aromatic nitrogens is 3. The van der Waals surface area contributed by atoms with Crippen molar-refractivity contribution in [3.05, 3.63) is 6.33 Å². The molecule has 6 nitrogen and oxygen atoms in total. The van der Waals surface area contributed by atoms with Gasteiger partial charge in [-0.3, -0.25) is 4.79 Å². The fourth-order valence-electron chi connectivity index (χ4n) is 1.90. The average Bonchev–Trinajstić information content (AvgIpc) is 2.67. The van der Waals surface area contributed by atoms with E-state index in [4.69, 9.17) is 9.84 Å². The Bertz CT molecular complexity index is 398. The van der Waals surface area contributed by atoms with Gasteiger partial charge in [0.25, 0.3) is 0 Å². The van der Waals surface area contributed by atoms with Crippen LogP contribution in [0.2, 0.25) is 0 Å². The molecule has 1 N–H and O–H groups in total. The first kappa shape index (κ1) is 12.4. The van der Waals surface area contributed by atoms with Gasteiger partial charge in [-0.2, -0.15) is 0 Å². The van der Waals surface area contributed by atoms with E-state index in [2.05, 4.69) is 10.2 Å². The second-order valence-electron chi connectivity index (χ2n) is 4.16. The summed E-state index contributed by atoms with van der Waals surface area (Å²) < 4.78 is 7.40. The monoisotopic (exact) mass is 257 g/mol. The van der Waals surface area contributed by atoms with Gasteiger partial charge < -0.3 is 14.4 Å². The molecule has 0 spiro atoms. The zero-order chi connectivity index (χ0) is 12.3. The molecule has 17 heavy (non-hydrogen) atoms. The minimum Gasteiger partial charge on any atom is -0.481 e. The van der Waals surface area contributed by atoms with Gasteiger partial charge in [0.05, 0.1) is 17.9 Å². The largest absolute Gasteiger partial charge is 0.481 e. The van der Waals surface area contributed by atoms with Gasteiger partial charge in [-0.1, -0.05) is 11.8 Å². The molecule has 1 fully saturated rings. The van der Waals surface area contributed by atoms with Crippen LogP contribution >= 0.6 is 11.8 Å². The fourth-order valence-corrected chi connectivity index (χ4v) is 2.53. The standard InChI is InChI=1S/C10H15N3O3S/c1-16-10(3-2-4-10)6-13-7-11-12-9(13)17-5-8(14)15/h7H,2-6H2,1H3,(H,14,15). The first-order valence-electron chi connectivity index (χ1n) is 5.43. The van der Waals surface area contributed by atoms with E-state index in [-0.39, 0.29) is 11.4 Å². The number of carbonyl (C=O) groups is 1. The van der Waals surface area contributed by atoms with Gasteiger partial charge in [0.15, 0.2) is 5.16 Å². The van der Waals surface area contributed by atoms with Crippen LogP contribution in [-0.4, -0.2) is 44.3 Å². The normalized spacial score (nSPS) is 17.7. The maximum Gasteiger partial charge on any atom is 0.313 e. The lowest BCUT2D eigenvalue weighted by Crippen LogP contribution is -2.43. The Kier molecular flexibility index (Phi) is 3.68. The minimum atomic E-state index is -0.852. The van der Waals surface area contributed by atoms with E-state index < -0.39 is 5.97 Å². The summed E-state index contributed by atoms with van der Waals surface area (Å²) in [6, 6.07) is 0. The van der Waals surface area contributed by atoms with E-state index in [0.29, 0.717) is 11.7 Å². The maximum atomic E-state index is 10.5. The lowest BCUT2D eigenvalue weighted by Gasteiger charge is -2.40. The molecule has 0 unspecified atom stereocenters. The maximum absolute atomic E-state index is 10.5. The van der Waals surface area contributed by atoms with Gasteiger partial charge in [-0.25, -0.2) is 0 Å². The molecule has 0 bridgehead atoms. The van der Waals surface area contributed by atoms with Gasteiger partial charge in [0, 0.05) is 7.11 Å². The van der Waals surface area contributed by atoms with E-state index >= 15 is 0 Å². The third kappa shape index (κ3) is 2.78. The van der Waals surface area contributed by atoms with Crippen LogP contribution in [0.3, 0.4) is 0 Å². The molecule has 1 saturated carbocycles. The summed E-state index contributed by atoms with van der Waals surface area (Å²) in [4.78, 5) is 10.5. The molecule has 1 aromatic rings. The Morgan fingerprint density at radius 3 is 3.00 bits per heavy atom. The van der Waals surface area contributed by atoms with Crippen LogP contribution in [0.15, 0.2) is 11.5 Å². The van der Waals surface area contributed by atoms with Crippen LogP contribution < -0.4 is 0 Å². The molecule has 0 amide bonds. The smallest absolute Gasteiger partial charge is 0.313 e. The van der Waals surface area contributed by atoms with E-state index in [0.717, 1.165) is 12.8 Å². The van der Waals surface area contributed by atoms with E-state index in [9.17, 15) is 4.79 Å². The Labute approximate surface area is 103 Å². The molecule has 0 radical (unpaired) electrons. The highest BCUT2D eigenvalue weighted by atomic mass is 32.2. The van der Waals surface area contributed by atoms with E-state index in [1.54, 1.807) is 13.4 Å². The number of aliphatic carboxylic acids is 1. The molecule has 1 aromatic heterocycles. The fraction of sp³-hybridized carbons (Fsp3) is 0.700. The Morgan fingerprint density at radius 1 is 1.71 bits per heavy atom. The van der Waals surface area contributed by atoms with Crippen LogP contribution in [0.5, 0.6) is 0 Å². The SMILES string of the molecule is COC1(Cn2cnnc2SCC(=O)O)CCC1. The van der Waals surface area contributed by atoms with Crippen molar-refractivity contribution in [2.24, 2.45) is 0 Å². The van der Waals surface area contributed by atoms with Crippen molar-refractivity contribution in [1.82, 2.24) is 14.8 Å².